The van der Waals surface area contributed by atoms with Crippen LogP contribution in [0.2, 0.25) is 0 Å². The molecule has 0 saturated carbocycles. The van der Waals surface area contributed by atoms with Crippen molar-refractivity contribution in [2.45, 2.75) is 6.42 Å². The zero-order valence-electron chi connectivity index (χ0n) is 6.58. The predicted octanol–water partition coefficient (Wildman–Crippen LogP) is -0.935. The van der Waals surface area contributed by atoms with Gasteiger partial charge in [-0.3, -0.25) is 4.79 Å². The molecule has 0 rings (SSSR count). The molecule has 0 radical (unpaired) electrons. The van der Waals surface area contributed by atoms with Crippen LogP contribution in [0.4, 0.5) is 0 Å². The molecule has 0 aromatic rings. The highest BCUT2D eigenvalue weighted by molar-refractivity contribution is 7.46. The van der Waals surface area contributed by atoms with Crippen LogP contribution in [0.25, 0.3) is 0 Å². The number of phosphoric acid groups is 1. The predicted molar refractivity (Wildman–Crippen MR) is 42.1 cm³/mol. The number of amides is 1. The van der Waals surface area contributed by atoms with Crippen molar-refractivity contribution in [3.63, 3.8) is 0 Å². The topological polar surface area (TPSA) is 116 Å². The lowest BCUT2D eigenvalue weighted by atomic mass is 10.4. The molecular formula is C5H10NO6P. The Bertz CT molecular complexity index is 233. The highest BCUT2D eigenvalue weighted by Crippen LogP contribution is 2.33. The van der Waals surface area contributed by atoms with Crippen LogP contribution in [0.1, 0.15) is 6.42 Å². The molecular weight excluding hydrogens is 201 g/mol. The minimum atomic E-state index is -4.67. The summed E-state index contributed by atoms with van der Waals surface area (Å²) in [7, 11) is -4.67. The van der Waals surface area contributed by atoms with E-state index in [4.69, 9.17) is 14.9 Å². The second-order valence-corrected chi connectivity index (χ2v) is 3.13. The Morgan fingerprint density at radius 2 is 2.15 bits per heavy atom. The molecule has 13 heavy (non-hydrogen) atoms. The van der Waals surface area contributed by atoms with Gasteiger partial charge in [-0.05, 0) is 6.42 Å². The molecule has 0 bridgehead atoms. The first-order chi connectivity index (χ1) is 5.95. The molecule has 0 saturated heterocycles. The van der Waals surface area contributed by atoms with E-state index in [0.717, 1.165) is 6.08 Å². The van der Waals surface area contributed by atoms with Gasteiger partial charge in [0.05, 0.1) is 0 Å². The lowest BCUT2D eigenvalue weighted by Gasteiger charge is -2.02. The van der Waals surface area contributed by atoms with Gasteiger partial charge < -0.3 is 14.9 Å². The Labute approximate surface area is 74.2 Å². The van der Waals surface area contributed by atoms with E-state index in [1.54, 1.807) is 0 Å². The maximum atomic E-state index is 10.6. The van der Waals surface area contributed by atoms with Crippen LogP contribution in [-0.2, 0) is 14.0 Å². The van der Waals surface area contributed by atoms with Crippen LogP contribution in [-0.4, -0.2) is 27.4 Å². The van der Waals surface area contributed by atoms with Crippen LogP contribution in [0, 0.1) is 0 Å². The average Bonchev–Trinajstić information content (AvgIpc) is 2.00. The van der Waals surface area contributed by atoms with Crippen molar-refractivity contribution >= 4 is 13.7 Å². The van der Waals surface area contributed by atoms with Crippen molar-refractivity contribution in [1.82, 2.24) is 5.48 Å². The standard InChI is InChI=1S/C5H10NO6P/c7-4-2-1-3-5(8)6-12-13(9,10)11/h1,3,7H,2,4H2,(H,6,8)(H2,9,10,11). The van der Waals surface area contributed by atoms with Crippen molar-refractivity contribution in [1.29, 1.82) is 0 Å². The Kier molecular flexibility index (Phi) is 5.52. The quantitative estimate of drug-likeness (QED) is 0.265. The molecule has 1 amide bonds. The van der Waals surface area contributed by atoms with Gasteiger partial charge in [0.1, 0.15) is 0 Å². The number of hydrogen-bond donors (Lipinski definition) is 4. The Morgan fingerprint density at radius 1 is 1.54 bits per heavy atom. The number of hydrogen-bond acceptors (Lipinski definition) is 4. The second-order valence-electron chi connectivity index (χ2n) is 1.96. The summed E-state index contributed by atoms with van der Waals surface area (Å²) in [5.74, 6) is -0.809. The summed E-state index contributed by atoms with van der Waals surface area (Å²) < 4.78 is 13.7. The first-order valence-corrected chi connectivity index (χ1v) is 4.80. The minimum absolute atomic E-state index is 0.108. The van der Waals surface area contributed by atoms with Crippen LogP contribution in [0.3, 0.4) is 0 Å². The van der Waals surface area contributed by atoms with Gasteiger partial charge in [-0.1, -0.05) is 6.08 Å². The summed E-state index contributed by atoms with van der Waals surface area (Å²) in [4.78, 5) is 26.9. The van der Waals surface area contributed by atoms with E-state index in [-0.39, 0.29) is 13.0 Å². The van der Waals surface area contributed by atoms with Gasteiger partial charge in [0.25, 0.3) is 5.91 Å². The van der Waals surface area contributed by atoms with Gasteiger partial charge in [-0.25, -0.2) is 10.0 Å². The third-order valence-electron chi connectivity index (χ3n) is 0.830. The molecule has 8 heteroatoms. The lowest BCUT2D eigenvalue weighted by molar-refractivity contribution is -0.123. The lowest BCUT2D eigenvalue weighted by Crippen LogP contribution is -2.19. The van der Waals surface area contributed by atoms with Gasteiger partial charge in [-0.2, -0.15) is 4.62 Å². The molecule has 0 aliphatic rings. The number of aliphatic hydroxyl groups excluding tert-OH is 1. The van der Waals surface area contributed by atoms with Crippen molar-refractivity contribution in [3.8, 4) is 0 Å². The van der Waals surface area contributed by atoms with Crippen molar-refractivity contribution in [3.05, 3.63) is 12.2 Å². The van der Waals surface area contributed by atoms with E-state index < -0.39 is 13.7 Å². The molecule has 0 aromatic heterocycles. The fourth-order valence-electron chi connectivity index (χ4n) is 0.403. The van der Waals surface area contributed by atoms with E-state index in [1.165, 1.54) is 11.6 Å². The molecule has 0 aliphatic carbocycles. The number of nitrogens with one attached hydrogen (secondary N) is 1. The third kappa shape index (κ3) is 9.19. The molecule has 0 aliphatic heterocycles. The minimum Gasteiger partial charge on any atom is -0.396 e. The van der Waals surface area contributed by atoms with Gasteiger partial charge in [-0.15, -0.1) is 0 Å². The molecule has 76 valence electrons. The first kappa shape index (κ1) is 12.3. The van der Waals surface area contributed by atoms with Gasteiger partial charge >= 0.3 is 7.82 Å². The van der Waals surface area contributed by atoms with Gasteiger partial charge in [0, 0.05) is 12.7 Å². The number of hydroxylamine groups is 1. The van der Waals surface area contributed by atoms with Crippen molar-refractivity contribution in [2.24, 2.45) is 0 Å². The third-order valence-corrected chi connectivity index (χ3v) is 1.16. The summed E-state index contributed by atoms with van der Waals surface area (Å²) in [6.45, 7) is -0.108. The molecule has 4 N–H and O–H groups in total. The Morgan fingerprint density at radius 3 is 2.62 bits per heavy atom. The van der Waals surface area contributed by atoms with Crippen LogP contribution >= 0.6 is 7.82 Å². The highest BCUT2D eigenvalue weighted by Gasteiger charge is 2.14. The number of rotatable bonds is 5. The van der Waals surface area contributed by atoms with E-state index in [2.05, 4.69) is 4.62 Å². The fraction of sp³-hybridized carbons (Fsp3) is 0.400. The maximum absolute atomic E-state index is 10.6. The molecule has 7 nitrogen and oxygen atoms in total. The van der Waals surface area contributed by atoms with E-state index >= 15 is 0 Å². The van der Waals surface area contributed by atoms with E-state index in [0.29, 0.717) is 0 Å². The zero-order chi connectivity index (χ0) is 10.3. The monoisotopic (exact) mass is 211 g/mol. The van der Waals surface area contributed by atoms with E-state index in [9.17, 15) is 9.36 Å². The van der Waals surface area contributed by atoms with E-state index in [1.807, 2.05) is 0 Å². The molecule has 0 aromatic carbocycles. The molecule has 0 unspecified atom stereocenters. The second kappa shape index (κ2) is 5.85. The summed E-state index contributed by atoms with van der Waals surface area (Å²) in [5, 5.41) is 8.30. The number of carbonyl (C=O) groups excluding carboxylic acids is 1. The molecule has 0 fully saturated rings. The molecule has 0 spiro atoms. The summed E-state index contributed by atoms with van der Waals surface area (Å²) in [5.41, 5.74) is 1.51. The summed E-state index contributed by atoms with van der Waals surface area (Å²) in [6.07, 6.45) is 2.60. The number of aliphatic hydroxyl groups is 1. The molecule has 0 heterocycles. The SMILES string of the molecule is O=C(C=CCCO)NOP(=O)(O)O. The smallest absolute Gasteiger partial charge is 0.396 e. The van der Waals surface area contributed by atoms with Crippen molar-refractivity contribution < 1.29 is 28.9 Å². The largest absolute Gasteiger partial charge is 0.491 e. The van der Waals surface area contributed by atoms with Gasteiger partial charge in [0.15, 0.2) is 0 Å². The fourth-order valence-corrected chi connectivity index (χ4v) is 0.612. The van der Waals surface area contributed by atoms with Crippen LogP contribution < -0.4 is 5.48 Å². The van der Waals surface area contributed by atoms with Gasteiger partial charge in [0.2, 0.25) is 0 Å². The van der Waals surface area contributed by atoms with Crippen LogP contribution in [0.15, 0.2) is 12.2 Å². The van der Waals surface area contributed by atoms with Crippen molar-refractivity contribution in [2.75, 3.05) is 6.61 Å². The average molecular weight is 211 g/mol. The maximum Gasteiger partial charge on any atom is 0.491 e. The Balaban J connectivity index is 3.70. The normalized spacial score (nSPS) is 11.9. The zero-order valence-corrected chi connectivity index (χ0v) is 7.48. The number of carbonyl (C=O) groups is 1. The molecule has 0 atom stereocenters. The first-order valence-electron chi connectivity index (χ1n) is 3.27. The summed E-state index contributed by atoms with van der Waals surface area (Å²) in [6, 6.07) is 0. The highest BCUT2D eigenvalue weighted by atomic mass is 31.2. The summed E-state index contributed by atoms with van der Waals surface area (Å²) >= 11 is 0. The van der Waals surface area contributed by atoms with Crippen LogP contribution in [0.5, 0.6) is 0 Å². The Hall–Kier alpha value is -0.720.